The molecule has 1 fully saturated rings. The summed E-state index contributed by atoms with van der Waals surface area (Å²) in [6.07, 6.45) is 0.698. The van der Waals surface area contributed by atoms with Crippen LogP contribution in [0.15, 0.2) is 24.3 Å². The van der Waals surface area contributed by atoms with Crippen LogP contribution in [-0.4, -0.2) is 43.7 Å². The second-order valence-electron chi connectivity index (χ2n) is 5.06. The van der Waals surface area contributed by atoms with Gasteiger partial charge in [-0.15, -0.1) is 0 Å². The monoisotopic (exact) mass is 292 g/mol. The second kappa shape index (κ2) is 7.43. The molecule has 21 heavy (non-hydrogen) atoms. The molecule has 1 saturated heterocycles. The van der Waals surface area contributed by atoms with Crippen molar-refractivity contribution in [3.8, 4) is 5.75 Å². The molecule has 1 aliphatic rings. The Bertz CT molecular complexity index is 461. The van der Waals surface area contributed by atoms with Crippen LogP contribution in [0.5, 0.6) is 5.75 Å². The Morgan fingerprint density at radius 3 is 2.52 bits per heavy atom. The van der Waals surface area contributed by atoms with Crippen molar-refractivity contribution in [3.05, 3.63) is 29.8 Å². The average Bonchev–Trinajstić information content (AvgIpc) is 2.82. The van der Waals surface area contributed by atoms with Crippen LogP contribution in [0, 0.1) is 0 Å². The summed E-state index contributed by atoms with van der Waals surface area (Å²) in [6.45, 7) is 5.76. The maximum atomic E-state index is 12.4. The van der Waals surface area contributed by atoms with Gasteiger partial charge in [-0.3, -0.25) is 10.1 Å². The zero-order chi connectivity index (χ0) is 15.2. The zero-order valence-corrected chi connectivity index (χ0v) is 13.0. The Kier molecular flexibility index (Phi) is 5.59. The average molecular weight is 292 g/mol. The Morgan fingerprint density at radius 1 is 1.24 bits per heavy atom. The van der Waals surface area contributed by atoms with Crippen LogP contribution in [0.4, 0.5) is 0 Å². The van der Waals surface area contributed by atoms with Crippen molar-refractivity contribution in [2.45, 2.75) is 32.5 Å². The van der Waals surface area contributed by atoms with Gasteiger partial charge in [-0.25, -0.2) is 0 Å². The van der Waals surface area contributed by atoms with Crippen LogP contribution in [0.25, 0.3) is 0 Å². The van der Waals surface area contributed by atoms with Gasteiger partial charge in [0, 0.05) is 13.7 Å². The highest BCUT2D eigenvalue weighted by Crippen LogP contribution is 2.27. The summed E-state index contributed by atoms with van der Waals surface area (Å²) < 4.78 is 10.6. The van der Waals surface area contributed by atoms with Crippen molar-refractivity contribution in [1.29, 1.82) is 0 Å². The van der Waals surface area contributed by atoms with E-state index in [1.165, 1.54) is 0 Å². The van der Waals surface area contributed by atoms with Gasteiger partial charge in [0.25, 0.3) is 0 Å². The molecular formula is C16H24N2O3. The number of amides is 1. The summed E-state index contributed by atoms with van der Waals surface area (Å²) >= 11 is 0. The van der Waals surface area contributed by atoms with E-state index in [4.69, 9.17) is 9.47 Å². The van der Waals surface area contributed by atoms with Gasteiger partial charge >= 0.3 is 0 Å². The summed E-state index contributed by atoms with van der Waals surface area (Å²) in [4.78, 5) is 14.2. The zero-order valence-electron chi connectivity index (χ0n) is 13.0. The van der Waals surface area contributed by atoms with E-state index >= 15 is 0 Å². The van der Waals surface area contributed by atoms with E-state index in [0.717, 1.165) is 17.7 Å². The third-order valence-corrected chi connectivity index (χ3v) is 3.70. The normalized spacial score (nSPS) is 21.9. The minimum absolute atomic E-state index is 0.0896. The molecule has 1 aromatic carbocycles. The van der Waals surface area contributed by atoms with Crippen LogP contribution in [0.1, 0.15) is 32.0 Å². The molecule has 116 valence electrons. The number of hydrogen-bond acceptors (Lipinski definition) is 4. The van der Waals surface area contributed by atoms with Crippen molar-refractivity contribution in [2.24, 2.45) is 0 Å². The highest BCUT2D eigenvalue weighted by molar-refractivity contribution is 5.84. The van der Waals surface area contributed by atoms with Gasteiger partial charge in [-0.2, -0.15) is 0 Å². The maximum absolute atomic E-state index is 12.4. The lowest BCUT2D eigenvalue weighted by atomic mass is 10.1. The minimum Gasteiger partial charge on any atom is -0.494 e. The Hall–Kier alpha value is -1.59. The van der Waals surface area contributed by atoms with Gasteiger partial charge in [0.15, 0.2) is 0 Å². The lowest BCUT2D eigenvalue weighted by molar-refractivity contribution is -0.130. The number of methoxy groups -OCH3 is 1. The number of rotatable bonds is 7. The van der Waals surface area contributed by atoms with Crippen LogP contribution in [-0.2, 0) is 9.53 Å². The fraction of sp³-hybridized carbons (Fsp3) is 0.562. The SMILES string of the molecule is CCOc1ccc(C2NC(CC)C(=O)N2CCOC)cc1. The number of carbonyl (C=O) groups is 1. The van der Waals surface area contributed by atoms with E-state index in [9.17, 15) is 4.79 Å². The van der Waals surface area contributed by atoms with E-state index in [1.807, 2.05) is 43.0 Å². The molecule has 5 nitrogen and oxygen atoms in total. The van der Waals surface area contributed by atoms with Crippen molar-refractivity contribution in [3.63, 3.8) is 0 Å². The first-order valence-corrected chi connectivity index (χ1v) is 7.49. The van der Waals surface area contributed by atoms with E-state index < -0.39 is 0 Å². The predicted molar refractivity (Wildman–Crippen MR) is 81.2 cm³/mol. The third-order valence-electron chi connectivity index (χ3n) is 3.70. The van der Waals surface area contributed by atoms with Gasteiger partial charge in [-0.1, -0.05) is 19.1 Å². The van der Waals surface area contributed by atoms with Crippen LogP contribution >= 0.6 is 0 Å². The predicted octanol–water partition coefficient (Wildman–Crippen LogP) is 1.94. The summed E-state index contributed by atoms with van der Waals surface area (Å²) in [5, 5.41) is 3.40. The Balaban J connectivity index is 2.16. The van der Waals surface area contributed by atoms with Gasteiger partial charge in [0.1, 0.15) is 11.9 Å². The van der Waals surface area contributed by atoms with Gasteiger partial charge in [-0.05, 0) is 31.0 Å². The number of carbonyl (C=O) groups excluding carboxylic acids is 1. The molecule has 1 amide bonds. The molecule has 2 rings (SSSR count). The molecule has 2 unspecified atom stereocenters. The molecule has 0 saturated carbocycles. The first-order valence-electron chi connectivity index (χ1n) is 7.49. The first-order chi connectivity index (χ1) is 10.2. The molecule has 1 N–H and O–H groups in total. The summed E-state index contributed by atoms with van der Waals surface area (Å²) in [5.41, 5.74) is 1.07. The molecule has 1 aromatic rings. The van der Waals surface area contributed by atoms with Crippen LogP contribution < -0.4 is 10.1 Å². The molecular weight excluding hydrogens is 268 g/mol. The maximum Gasteiger partial charge on any atom is 0.241 e. The number of hydrogen-bond donors (Lipinski definition) is 1. The standard InChI is InChI=1S/C16H24N2O3/c1-4-14-16(19)18(10-11-20-3)15(17-14)12-6-8-13(9-7-12)21-5-2/h6-9,14-15,17H,4-5,10-11H2,1-3H3. The molecule has 0 bridgehead atoms. The molecule has 1 heterocycles. The smallest absolute Gasteiger partial charge is 0.241 e. The third kappa shape index (κ3) is 3.54. The molecule has 0 radical (unpaired) electrons. The van der Waals surface area contributed by atoms with E-state index in [2.05, 4.69) is 5.32 Å². The highest BCUT2D eigenvalue weighted by atomic mass is 16.5. The van der Waals surface area contributed by atoms with Crippen molar-refractivity contribution in [1.82, 2.24) is 10.2 Å². The lowest BCUT2D eigenvalue weighted by Gasteiger charge is -2.24. The summed E-state index contributed by atoms with van der Waals surface area (Å²) in [5.74, 6) is 0.995. The van der Waals surface area contributed by atoms with Gasteiger partial charge in [0.05, 0.1) is 19.3 Å². The van der Waals surface area contributed by atoms with E-state index in [-0.39, 0.29) is 18.1 Å². The van der Waals surface area contributed by atoms with Gasteiger partial charge < -0.3 is 14.4 Å². The molecule has 1 aliphatic heterocycles. The topological polar surface area (TPSA) is 50.8 Å². The van der Waals surface area contributed by atoms with Crippen LogP contribution in [0.2, 0.25) is 0 Å². The van der Waals surface area contributed by atoms with E-state index in [0.29, 0.717) is 19.8 Å². The van der Waals surface area contributed by atoms with Gasteiger partial charge in [0.2, 0.25) is 5.91 Å². The highest BCUT2D eigenvalue weighted by Gasteiger charge is 2.38. The Labute approximate surface area is 126 Å². The largest absolute Gasteiger partial charge is 0.494 e. The number of benzene rings is 1. The summed E-state index contributed by atoms with van der Waals surface area (Å²) in [6, 6.07) is 7.79. The van der Waals surface area contributed by atoms with Crippen molar-refractivity contribution >= 4 is 5.91 Å². The quantitative estimate of drug-likeness (QED) is 0.834. The fourth-order valence-corrected chi connectivity index (χ4v) is 2.59. The van der Waals surface area contributed by atoms with Crippen molar-refractivity contribution < 1.29 is 14.3 Å². The number of nitrogens with zero attached hydrogens (tertiary/aromatic N) is 1. The Morgan fingerprint density at radius 2 is 1.95 bits per heavy atom. The van der Waals surface area contributed by atoms with E-state index in [1.54, 1.807) is 7.11 Å². The fourth-order valence-electron chi connectivity index (χ4n) is 2.59. The number of nitrogens with one attached hydrogen (secondary N) is 1. The molecule has 5 heteroatoms. The summed E-state index contributed by atoms with van der Waals surface area (Å²) in [7, 11) is 1.65. The van der Waals surface area contributed by atoms with Crippen molar-refractivity contribution in [2.75, 3.05) is 26.9 Å². The molecule has 0 spiro atoms. The second-order valence-corrected chi connectivity index (χ2v) is 5.06. The molecule has 0 aromatic heterocycles. The van der Waals surface area contributed by atoms with Crippen LogP contribution in [0.3, 0.4) is 0 Å². The first kappa shape index (κ1) is 15.8. The lowest BCUT2D eigenvalue weighted by Crippen LogP contribution is -2.33. The number of ether oxygens (including phenoxy) is 2. The minimum atomic E-state index is -0.113. The molecule has 2 atom stereocenters. The molecule has 0 aliphatic carbocycles.